The molecule has 0 N–H and O–H groups in total. The van der Waals surface area contributed by atoms with Crippen LogP contribution < -0.4 is 0 Å². The Kier molecular flexibility index (Phi) is 3.96. The molecule has 0 aromatic carbocycles. The first kappa shape index (κ1) is 12.0. The van der Waals surface area contributed by atoms with Crippen LogP contribution in [0.3, 0.4) is 0 Å². The summed E-state index contributed by atoms with van der Waals surface area (Å²) < 4.78 is 5.19. The third-order valence-electron chi connectivity index (χ3n) is 3.55. The van der Waals surface area contributed by atoms with E-state index < -0.39 is 0 Å². The first-order valence-corrected chi connectivity index (χ1v) is 5.66. The lowest BCUT2D eigenvalue weighted by Crippen LogP contribution is -2.36. The minimum absolute atomic E-state index is 0.434. The van der Waals surface area contributed by atoms with Crippen molar-refractivity contribution in [2.45, 2.75) is 39.7 Å². The van der Waals surface area contributed by atoms with Crippen LogP contribution in [0.4, 0.5) is 0 Å². The largest absolute Gasteiger partial charge is 0.385 e. The van der Waals surface area contributed by atoms with Gasteiger partial charge in [0, 0.05) is 19.8 Å². The van der Waals surface area contributed by atoms with E-state index in [9.17, 15) is 0 Å². The molecule has 1 saturated heterocycles. The lowest BCUT2D eigenvalue weighted by atomic mass is 9.75. The van der Waals surface area contributed by atoms with Crippen molar-refractivity contribution in [2.75, 3.05) is 27.3 Å². The molecule has 2 heteroatoms. The lowest BCUT2D eigenvalue weighted by Gasteiger charge is -2.34. The number of rotatable bonds is 3. The third-order valence-corrected chi connectivity index (χ3v) is 3.55. The van der Waals surface area contributed by atoms with E-state index in [0.717, 1.165) is 18.6 Å². The van der Waals surface area contributed by atoms with Crippen LogP contribution in [0.25, 0.3) is 0 Å². The summed E-state index contributed by atoms with van der Waals surface area (Å²) in [4.78, 5) is 2.49. The molecule has 0 aromatic heterocycles. The number of likely N-dealkylation sites (tertiary alicyclic amines) is 1. The van der Waals surface area contributed by atoms with E-state index in [1.807, 2.05) is 0 Å². The Hall–Kier alpha value is -0.0800. The number of hydrogen-bond acceptors (Lipinski definition) is 2. The van der Waals surface area contributed by atoms with Crippen LogP contribution in [0.15, 0.2) is 0 Å². The summed E-state index contributed by atoms with van der Waals surface area (Å²) in [6.45, 7) is 9.21. The van der Waals surface area contributed by atoms with Crippen molar-refractivity contribution < 1.29 is 4.74 Å². The molecular formula is C12H25NO. The Labute approximate surface area is 88.6 Å². The van der Waals surface area contributed by atoms with Gasteiger partial charge >= 0.3 is 0 Å². The molecule has 2 unspecified atom stereocenters. The van der Waals surface area contributed by atoms with E-state index in [1.165, 1.54) is 19.4 Å². The molecule has 1 aliphatic heterocycles. The van der Waals surface area contributed by atoms with Crippen LogP contribution in [-0.4, -0.2) is 38.3 Å². The SMILES string of the molecule is COCCC1C(C(C)(C)C)CCN1C. The van der Waals surface area contributed by atoms with Crippen molar-refractivity contribution in [3.63, 3.8) is 0 Å². The summed E-state index contributed by atoms with van der Waals surface area (Å²) >= 11 is 0. The summed E-state index contributed by atoms with van der Waals surface area (Å²) in [6.07, 6.45) is 2.52. The van der Waals surface area contributed by atoms with Crippen molar-refractivity contribution in [3.8, 4) is 0 Å². The molecule has 2 nitrogen and oxygen atoms in total. The third kappa shape index (κ3) is 2.71. The molecule has 0 bridgehead atoms. The van der Waals surface area contributed by atoms with Gasteiger partial charge in [-0.1, -0.05) is 20.8 Å². The fourth-order valence-electron chi connectivity index (χ4n) is 2.68. The van der Waals surface area contributed by atoms with Crippen molar-refractivity contribution in [3.05, 3.63) is 0 Å². The van der Waals surface area contributed by atoms with Crippen LogP contribution in [0.5, 0.6) is 0 Å². The summed E-state index contributed by atoms with van der Waals surface area (Å²) in [5.74, 6) is 0.822. The minimum Gasteiger partial charge on any atom is -0.385 e. The maximum absolute atomic E-state index is 5.19. The first-order valence-electron chi connectivity index (χ1n) is 5.66. The van der Waals surface area contributed by atoms with Gasteiger partial charge in [0.25, 0.3) is 0 Å². The monoisotopic (exact) mass is 199 g/mol. The number of nitrogens with zero attached hydrogens (tertiary/aromatic N) is 1. The van der Waals surface area contributed by atoms with Gasteiger partial charge in [-0.05, 0) is 37.8 Å². The zero-order chi connectivity index (χ0) is 10.8. The predicted octanol–water partition coefficient (Wildman–Crippen LogP) is 2.39. The zero-order valence-electron chi connectivity index (χ0n) is 10.3. The number of methoxy groups -OCH3 is 1. The van der Waals surface area contributed by atoms with Gasteiger partial charge in [-0.3, -0.25) is 0 Å². The Bertz CT molecular complexity index is 174. The number of ether oxygens (including phenoxy) is 1. The highest BCUT2D eigenvalue weighted by Gasteiger charge is 2.38. The molecule has 0 aliphatic carbocycles. The molecular weight excluding hydrogens is 174 g/mol. The molecule has 1 aliphatic rings. The maximum atomic E-state index is 5.19. The van der Waals surface area contributed by atoms with E-state index in [-0.39, 0.29) is 0 Å². The second-order valence-corrected chi connectivity index (χ2v) is 5.59. The number of hydrogen-bond donors (Lipinski definition) is 0. The van der Waals surface area contributed by atoms with Crippen molar-refractivity contribution >= 4 is 0 Å². The van der Waals surface area contributed by atoms with Gasteiger partial charge in [-0.25, -0.2) is 0 Å². The van der Waals surface area contributed by atoms with Gasteiger partial charge in [0.2, 0.25) is 0 Å². The Morgan fingerprint density at radius 1 is 1.36 bits per heavy atom. The average Bonchev–Trinajstić information content (AvgIpc) is 2.42. The van der Waals surface area contributed by atoms with Crippen LogP contribution >= 0.6 is 0 Å². The maximum Gasteiger partial charge on any atom is 0.0477 e. The summed E-state index contributed by atoms with van der Waals surface area (Å²) in [7, 11) is 4.03. The molecule has 0 saturated carbocycles. The van der Waals surface area contributed by atoms with Gasteiger partial charge in [0.15, 0.2) is 0 Å². The smallest absolute Gasteiger partial charge is 0.0477 e. The van der Waals surface area contributed by atoms with E-state index in [2.05, 4.69) is 32.7 Å². The Morgan fingerprint density at radius 2 is 2.00 bits per heavy atom. The summed E-state index contributed by atoms with van der Waals surface area (Å²) in [5, 5.41) is 0. The Balaban J connectivity index is 2.57. The molecule has 84 valence electrons. The van der Waals surface area contributed by atoms with E-state index in [0.29, 0.717) is 5.41 Å². The highest BCUT2D eigenvalue weighted by Crippen LogP contribution is 2.38. The molecule has 2 atom stereocenters. The molecule has 0 radical (unpaired) electrons. The van der Waals surface area contributed by atoms with Crippen LogP contribution in [0, 0.1) is 11.3 Å². The van der Waals surface area contributed by atoms with Gasteiger partial charge in [0.05, 0.1) is 0 Å². The second kappa shape index (κ2) is 4.63. The molecule has 1 rings (SSSR count). The predicted molar refractivity (Wildman–Crippen MR) is 60.5 cm³/mol. The van der Waals surface area contributed by atoms with Crippen molar-refractivity contribution in [2.24, 2.45) is 11.3 Å². The van der Waals surface area contributed by atoms with Gasteiger partial charge < -0.3 is 9.64 Å². The minimum atomic E-state index is 0.434. The zero-order valence-corrected chi connectivity index (χ0v) is 10.3. The quantitative estimate of drug-likeness (QED) is 0.692. The van der Waals surface area contributed by atoms with Crippen molar-refractivity contribution in [1.29, 1.82) is 0 Å². The van der Waals surface area contributed by atoms with Gasteiger partial charge in [-0.15, -0.1) is 0 Å². The average molecular weight is 199 g/mol. The second-order valence-electron chi connectivity index (χ2n) is 5.59. The molecule has 0 spiro atoms. The van der Waals surface area contributed by atoms with E-state index in [4.69, 9.17) is 4.74 Å². The van der Waals surface area contributed by atoms with Gasteiger partial charge in [0.1, 0.15) is 0 Å². The summed E-state index contributed by atoms with van der Waals surface area (Å²) in [6, 6.07) is 0.718. The Morgan fingerprint density at radius 3 is 2.50 bits per heavy atom. The highest BCUT2D eigenvalue weighted by atomic mass is 16.5. The fourth-order valence-corrected chi connectivity index (χ4v) is 2.68. The topological polar surface area (TPSA) is 12.5 Å². The fraction of sp³-hybridized carbons (Fsp3) is 1.00. The van der Waals surface area contributed by atoms with E-state index in [1.54, 1.807) is 7.11 Å². The first-order chi connectivity index (χ1) is 6.46. The molecule has 14 heavy (non-hydrogen) atoms. The van der Waals surface area contributed by atoms with E-state index >= 15 is 0 Å². The summed E-state index contributed by atoms with van der Waals surface area (Å²) in [5.41, 5.74) is 0.434. The molecule has 1 fully saturated rings. The normalized spacial score (nSPS) is 29.8. The molecule has 0 aromatic rings. The van der Waals surface area contributed by atoms with Gasteiger partial charge in [-0.2, -0.15) is 0 Å². The standard InChI is InChI=1S/C12H25NO/c1-12(2,3)10-6-8-13(4)11(10)7-9-14-5/h10-11H,6-9H2,1-5H3. The highest BCUT2D eigenvalue weighted by molar-refractivity contribution is 4.91. The van der Waals surface area contributed by atoms with Crippen LogP contribution in [0.1, 0.15) is 33.6 Å². The van der Waals surface area contributed by atoms with Crippen molar-refractivity contribution in [1.82, 2.24) is 4.90 Å². The molecule has 0 amide bonds. The van der Waals surface area contributed by atoms with Crippen LogP contribution in [0.2, 0.25) is 0 Å². The van der Waals surface area contributed by atoms with Crippen LogP contribution in [-0.2, 0) is 4.74 Å². The lowest BCUT2D eigenvalue weighted by molar-refractivity contribution is 0.117. The molecule has 1 heterocycles.